The van der Waals surface area contributed by atoms with Crippen molar-refractivity contribution in [2.45, 2.75) is 31.8 Å². The first kappa shape index (κ1) is 21.9. The van der Waals surface area contributed by atoms with Gasteiger partial charge in [0.15, 0.2) is 0 Å². The molecule has 0 aliphatic heterocycles. The molecule has 0 spiro atoms. The minimum Gasteiger partial charge on any atom is -0.497 e. The molecule has 0 aliphatic rings. The number of benzene rings is 2. The summed E-state index contributed by atoms with van der Waals surface area (Å²) in [4.78, 5) is 36.1. The lowest BCUT2D eigenvalue weighted by Crippen LogP contribution is -2.54. The van der Waals surface area contributed by atoms with Crippen LogP contribution in [0.25, 0.3) is 0 Å². The molecule has 0 unspecified atom stereocenters. The third-order valence-electron chi connectivity index (χ3n) is 4.31. The van der Waals surface area contributed by atoms with Gasteiger partial charge in [0.25, 0.3) is 0 Å². The van der Waals surface area contributed by atoms with Gasteiger partial charge in [-0.15, -0.1) is 0 Å². The van der Waals surface area contributed by atoms with Crippen LogP contribution in [0.5, 0.6) is 5.75 Å². The molecule has 0 saturated carbocycles. The monoisotopic (exact) mass is 401 g/mol. The SMILES string of the molecule is COc1ccc(C[C@H](NC(=O)[C@@H](Cc2ccc(F)cc2)NC(C)=O)C(N)=O)cc1. The van der Waals surface area contributed by atoms with Crippen LogP contribution in [0, 0.1) is 5.82 Å². The number of nitrogens with two attached hydrogens (primary N) is 1. The number of primary amides is 1. The second kappa shape index (κ2) is 10.2. The van der Waals surface area contributed by atoms with Crippen LogP contribution in [0.1, 0.15) is 18.1 Å². The average molecular weight is 401 g/mol. The first-order chi connectivity index (χ1) is 13.8. The number of nitrogens with one attached hydrogen (secondary N) is 2. The van der Waals surface area contributed by atoms with Gasteiger partial charge in [0.2, 0.25) is 17.7 Å². The molecule has 4 N–H and O–H groups in total. The Bertz CT molecular complexity index is 853. The second-order valence-electron chi connectivity index (χ2n) is 6.60. The highest BCUT2D eigenvalue weighted by atomic mass is 19.1. The maximum absolute atomic E-state index is 13.1. The lowest BCUT2D eigenvalue weighted by atomic mass is 10.0. The summed E-state index contributed by atoms with van der Waals surface area (Å²) in [6.45, 7) is 1.29. The smallest absolute Gasteiger partial charge is 0.243 e. The fourth-order valence-corrected chi connectivity index (χ4v) is 2.80. The van der Waals surface area contributed by atoms with Crippen LogP contribution in [0.15, 0.2) is 48.5 Å². The van der Waals surface area contributed by atoms with Crippen LogP contribution < -0.4 is 21.1 Å². The van der Waals surface area contributed by atoms with E-state index in [1.54, 1.807) is 31.4 Å². The lowest BCUT2D eigenvalue weighted by Gasteiger charge is -2.22. The van der Waals surface area contributed by atoms with Gasteiger partial charge in [-0.05, 0) is 35.4 Å². The fraction of sp³-hybridized carbons (Fsp3) is 0.286. The Balaban J connectivity index is 2.11. The zero-order valence-electron chi connectivity index (χ0n) is 16.3. The molecule has 2 atom stereocenters. The average Bonchev–Trinajstić information content (AvgIpc) is 2.68. The molecule has 2 aromatic carbocycles. The number of halogens is 1. The van der Waals surface area contributed by atoms with E-state index in [-0.39, 0.29) is 12.8 Å². The highest BCUT2D eigenvalue weighted by molar-refractivity contribution is 5.91. The van der Waals surface area contributed by atoms with Crippen LogP contribution >= 0.6 is 0 Å². The van der Waals surface area contributed by atoms with E-state index in [4.69, 9.17) is 10.5 Å². The second-order valence-corrected chi connectivity index (χ2v) is 6.60. The van der Waals surface area contributed by atoms with E-state index in [0.29, 0.717) is 11.3 Å². The molecule has 2 rings (SSSR count). The number of hydrogen-bond acceptors (Lipinski definition) is 4. The first-order valence-electron chi connectivity index (χ1n) is 9.02. The number of methoxy groups -OCH3 is 1. The summed E-state index contributed by atoms with van der Waals surface area (Å²) in [7, 11) is 1.55. The Morgan fingerprint density at radius 1 is 0.931 bits per heavy atom. The van der Waals surface area contributed by atoms with Gasteiger partial charge in [-0.2, -0.15) is 0 Å². The lowest BCUT2D eigenvalue weighted by molar-refractivity contribution is -0.130. The molecule has 0 heterocycles. The summed E-state index contributed by atoms with van der Waals surface area (Å²) in [6, 6.07) is 10.7. The Morgan fingerprint density at radius 2 is 1.45 bits per heavy atom. The molecule has 0 fully saturated rings. The molecule has 2 aromatic rings. The molecule has 3 amide bonds. The summed E-state index contributed by atoms with van der Waals surface area (Å²) >= 11 is 0. The zero-order valence-corrected chi connectivity index (χ0v) is 16.3. The molecule has 0 saturated heterocycles. The van der Waals surface area contributed by atoms with E-state index >= 15 is 0 Å². The highest BCUT2D eigenvalue weighted by Crippen LogP contribution is 2.13. The van der Waals surface area contributed by atoms with Crippen LogP contribution in [-0.4, -0.2) is 36.9 Å². The Morgan fingerprint density at radius 3 is 1.93 bits per heavy atom. The van der Waals surface area contributed by atoms with E-state index in [1.807, 2.05) is 0 Å². The van der Waals surface area contributed by atoms with Gasteiger partial charge in [-0.1, -0.05) is 24.3 Å². The van der Waals surface area contributed by atoms with Crippen molar-refractivity contribution in [3.05, 3.63) is 65.5 Å². The van der Waals surface area contributed by atoms with Crippen molar-refractivity contribution in [3.63, 3.8) is 0 Å². The topological polar surface area (TPSA) is 111 Å². The number of ether oxygens (including phenoxy) is 1. The maximum atomic E-state index is 13.1. The van der Waals surface area contributed by atoms with Crippen LogP contribution in [0.2, 0.25) is 0 Å². The van der Waals surface area contributed by atoms with Crippen LogP contribution in [0.3, 0.4) is 0 Å². The molecular formula is C21H24FN3O4. The number of carbonyl (C=O) groups excluding carboxylic acids is 3. The van der Waals surface area contributed by atoms with Crippen molar-refractivity contribution in [2.24, 2.45) is 5.73 Å². The minimum absolute atomic E-state index is 0.139. The Kier molecular flexibility index (Phi) is 7.70. The number of rotatable bonds is 9. The van der Waals surface area contributed by atoms with Gasteiger partial charge in [-0.3, -0.25) is 14.4 Å². The van der Waals surface area contributed by atoms with Crippen LogP contribution in [0.4, 0.5) is 4.39 Å². The van der Waals surface area contributed by atoms with Gasteiger partial charge in [0.1, 0.15) is 23.7 Å². The third-order valence-corrected chi connectivity index (χ3v) is 4.31. The minimum atomic E-state index is -0.958. The van der Waals surface area contributed by atoms with Gasteiger partial charge in [0.05, 0.1) is 7.11 Å². The predicted molar refractivity (Wildman–Crippen MR) is 106 cm³/mol. The molecule has 0 aliphatic carbocycles. The normalized spacial score (nSPS) is 12.5. The summed E-state index contributed by atoms with van der Waals surface area (Å²) < 4.78 is 18.2. The van der Waals surface area contributed by atoms with Crippen molar-refractivity contribution in [1.29, 1.82) is 0 Å². The van der Waals surface area contributed by atoms with Gasteiger partial charge in [-0.25, -0.2) is 4.39 Å². The highest BCUT2D eigenvalue weighted by Gasteiger charge is 2.25. The molecular weight excluding hydrogens is 377 g/mol. The molecule has 29 heavy (non-hydrogen) atoms. The molecule has 0 radical (unpaired) electrons. The van der Waals surface area contributed by atoms with Gasteiger partial charge < -0.3 is 21.1 Å². The standard InChI is InChI=1S/C21H24FN3O4/c1-13(26)24-19(12-14-3-7-16(22)8-4-14)21(28)25-18(20(23)27)11-15-5-9-17(29-2)10-6-15/h3-10,18-19H,11-12H2,1-2H3,(H2,23,27)(H,24,26)(H,25,28)/t18-,19+/m0/s1. The largest absolute Gasteiger partial charge is 0.497 e. The molecule has 0 aromatic heterocycles. The van der Waals surface area contributed by atoms with Crippen molar-refractivity contribution >= 4 is 17.7 Å². The number of carbonyl (C=O) groups is 3. The summed E-state index contributed by atoms with van der Waals surface area (Å²) in [5.74, 6) is -1.39. The fourth-order valence-electron chi connectivity index (χ4n) is 2.80. The van der Waals surface area contributed by atoms with Gasteiger partial charge in [0, 0.05) is 19.8 Å². The van der Waals surface area contributed by atoms with Crippen molar-refractivity contribution in [1.82, 2.24) is 10.6 Å². The maximum Gasteiger partial charge on any atom is 0.243 e. The first-order valence-corrected chi connectivity index (χ1v) is 9.02. The van der Waals surface area contributed by atoms with Crippen molar-refractivity contribution in [2.75, 3.05) is 7.11 Å². The quantitative estimate of drug-likeness (QED) is 0.584. The van der Waals surface area contributed by atoms with Crippen molar-refractivity contribution < 1.29 is 23.5 Å². The van der Waals surface area contributed by atoms with E-state index in [9.17, 15) is 18.8 Å². The molecule has 0 bridgehead atoms. The molecule has 154 valence electrons. The van der Waals surface area contributed by atoms with Gasteiger partial charge >= 0.3 is 0 Å². The number of hydrogen-bond donors (Lipinski definition) is 3. The van der Waals surface area contributed by atoms with Crippen LogP contribution in [-0.2, 0) is 27.2 Å². The van der Waals surface area contributed by atoms with E-state index in [0.717, 1.165) is 5.56 Å². The molecule has 8 heteroatoms. The van der Waals surface area contributed by atoms with Crippen molar-refractivity contribution in [3.8, 4) is 5.75 Å². The van der Waals surface area contributed by atoms with E-state index in [2.05, 4.69) is 10.6 Å². The zero-order chi connectivity index (χ0) is 21.4. The number of amides is 3. The third kappa shape index (κ3) is 6.91. The predicted octanol–water partition coefficient (Wildman–Crippen LogP) is 1.09. The molecule has 7 nitrogen and oxygen atoms in total. The summed E-state index contributed by atoms with van der Waals surface area (Å²) in [5.41, 5.74) is 6.89. The summed E-state index contributed by atoms with van der Waals surface area (Å²) in [5, 5.41) is 5.15. The van der Waals surface area contributed by atoms with E-state index < -0.39 is 35.6 Å². The Labute approximate surface area is 168 Å². The Hall–Kier alpha value is -3.42. The van der Waals surface area contributed by atoms with E-state index in [1.165, 1.54) is 31.2 Å². The summed E-state index contributed by atoms with van der Waals surface area (Å²) in [6.07, 6.45) is 0.327.